The van der Waals surface area contributed by atoms with E-state index < -0.39 is 0 Å². The number of hydrogen-bond acceptors (Lipinski definition) is 3. The maximum Gasteiger partial charge on any atom is 0.251 e. The Bertz CT molecular complexity index is 432. The Morgan fingerprint density at radius 3 is 2.65 bits per heavy atom. The van der Waals surface area contributed by atoms with E-state index in [1.807, 2.05) is 19.1 Å². The number of hydrogen-bond donors (Lipinski definition) is 3. The maximum atomic E-state index is 12.1. The number of carbonyl (C=O) groups excluding carboxylic acids is 1. The monoisotopic (exact) mass is 277 g/mol. The van der Waals surface area contributed by atoms with Gasteiger partial charge >= 0.3 is 0 Å². The standard InChI is InChI=1S/C16H27N3O/c1-4-5-6-7-8-13(3)18-16(20)14-9-10-15(19-17)12(2)11-14/h9-11,13,19H,4-8,17H2,1-3H3,(H,18,20). The summed E-state index contributed by atoms with van der Waals surface area (Å²) in [5.74, 6) is 5.37. The fraction of sp³-hybridized carbons (Fsp3) is 0.562. The summed E-state index contributed by atoms with van der Waals surface area (Å²) >= 11 is 0. The molecular weight excluding hydrogens is 250 g/mol. The highest BCUT2D eigenvalue weighted by Crippen LogP contribution is 2.15. The molecule has 0 aliphatic rings. The van der Waals surface area contributed by atoms with E-state index in [2.05, 4.69) is 24.6 Å². The van der Waals surface area contributed by atoms with Gasteiger partial charge in [-0.1, -0.05) is 32.6 Å². The van der Waals surface area contributed by atoms with Gasteiger partial charge < -0.3 is 10.7 Å². The normalized spacial score (nSPS) is 12.0. The van der Waals surface area contributed by atoms with Crippen molar-refractivity contribution in [2.75, 3.05) is 5.43 Å². The minimum atomic E-state index is -0.0142. The van der Waals surface area contributed by atoms with Gasteiger partial charge in [-0.25, -0.2) is 0 Å². The van der Waals surface area contributed by atoms with Crippen molar-refractivity contribution in [3.05, 3.63) is 29.3 Å². The molecule has 0 saturated carbocycles. The van der Waals surface area contributed by atoms with E-state index in [1.165, 1.54) is 25.7 Å². The molecule has 0 heterocycles. The zero-order chi connectivity index (χ0) is 15.0. The highest BCUT2D eigenvalue weighted by molar-refractivity contribution is 5.95. The number of unbranched alkanes of at least 4 members (excludes halogenated alkanes) is 3. The molecule has 4 nitrogen and oxygen atoms in total. The second-order valence-electron chi connectivity index (χ2n) is 5.40. The Morgan fingerprint density at radius 1 is 1.30 bits per heavy atom. The number of nitrogen functional groups attached to an aromatic ring is 1. The molecule has 0 aliphatic heterocycles. The van der Waals surface area contributed by atoms with Crippen molar-refractivity contribution >= 4 is 11.6 Å². The van der Waals surface area contributed by atoms with Gasteiger partial charge in [-0.3, -0.25) is 10.6 Å². The van der Waals surface area contributed by atoms with E-state index in [9.17, 15) is 4.79 Å². The quantitative estimate of drug-likeness (QED) is 0.388. The minimum Gasteiger partial charge on any atom is -0.350 e. The van der Waals surface area contributed by atoms with Crippen LogP contribution in [0, 0.1) is 6.92 Å². The van der Waals surface area contributed by atoms with Gasteiger partial charge in [-0.2, -0.15) is 0 Å². The van der Waals surface area contributed by atoms with E-state index in [1.54, 1.807) is 6.07 Å². The first-order chi connectivity index (χ1) is 9.58. The van der Waals surface area contributed by atoms with Crippen molar-refractivity contribution < 1.29 is 4.79 Å². The summed E-state index contributed by atoms with van der Waals surface area (Å²) in [4.78, 5) is 12.1. The number of hydrazine groups is 1. The molecule has 0 fully saturated rings. The molecule has 1 unspecified atom stereocenters. The molecule has 0 spiro atoms. The fourth-order valence-corrected chi connectivity index (χ4v) is 2.22. The van der Waals surface area contributed by atoms with Crippen LogP contribution >= 0.6 is 0 Å². The summed E-state index contributed by atoms with van der Waals surface area (Å²) in [5, 5.41) is 3.05. The van der Waals surface area contributed by atoms with Crippen molar-refractivity contribution in [2.24, 2.45) is 5.84 Å². The Morgan fingerprint density at radius 2 is 2.05 bits per heavy atom. The lowest BCUT2D eigenvalue weighted by atomic mass is 10.1. The van der Waals surface area contributed by atoms with Gasteiger partial charge in [-0.15, -0.1) is 0 Å². The van der Waals surface area contributed by atoms with E-state index in [4.69, 9.17) is 5.84 Å². The first-order valence-corrected chi connectivity index (χ1v) is 7.46. The molecule has 112 valence electrons. The molecule has 4 heteroatoms. The number of nitrogens with one attached hydrogen (secondary N) is 2. The summed E-state index contributed by atoms with van der Waals surface area (Å²) in [5.41, 5.74) is 5.10. The zero-order valence-electron chi connectivity index (χ0n) is 12.8. The van der Waals surface area contributed by atoms with Crippen molar-refractivity contribution in [1.82, 2.24) is 5.32 Å². The number of nitrogens with two attached hydrogens (primary N) is 1. The number of carbonyl (C=O) groups is 1. The average molecular weight is 277 g/mol. The topological polar surface area (TPSA) is 67.2 Å². The van der Waals surface area contributed by atoms with Gasteiger partial charge in [0.05, 0.1) is 5.69 Å². The van der Waals surface area contributed by atoms with Crippen LogP contribution in [0.5, 0.6) is 0 Å². The summed E-state index contributed by atoms with van der Waals surface area (Å²) < 4.78 is 0. The van der Waals surface area contributed by atoms with Crippen LogP contribution in [0.2, 0.25) is 0 Å². The van der Waals surface area contributed by atoms with Crippen LogP contribution in [0.4, 0.5) is 5.69 Å². The Labute approximate surface area is 122 Å². The van der Waals surface area contributed by atoms with Crippen molar-refractivity contribution in [3.8, 4) is 0 Å². The van der Waals surface area contributed by atoms with Crippen LogP contribution in [0.25, 0.3) is 0 Å². The molecular formula is C16H27N3O. The summed E-state index contributed by atoms with van der Waals surface area (Å²) in [6, 6.07) is 5.69. The largest absolute Gasteiger partial charge is 0.350 e. The molecule has 1 aromatic carbocycles. The highest BCUT2D eigenvalue weighted by atomic mass is 16.1. The smallest absolute Gasteiger partial charge is 0.251 e. The molecule has 0 radical (unpaired) electrons. The van der Waals surface area contributed by atoms with Gasteiger partial charge in [0.1, 0.15) is 0 Å². The molecule has 1 rings (SSSR count). The molecule has 20 heavy (non-hydrogen) atoms. The lowest BCUT2D eigenvalue weighted by Crippen LogP contribution is -2.32. The SMILES string of the molecule is CCCCCCC(C)NC(=O)c1ccc(NN)c(C)c1. The fourth-order valence-electron chi connectivity index (χ4n) is 2.22. The third-order valence-electron chi connectivity index (χ3n) is 3.51. The third-order valence-corrected chi connectivity index (χ3v) is 3.51. The predicted octanol–water partition coefficient (Wildman–Crippen LogP) is 3.37. The van der Waals surface area contributed by atoms with Gasteiger partial charge in [0.2, 0.25) is 0 Å². The van der Waals surface area contributed by atoms with Gasteiger partial charge in [0.25, 0.3) is 5.91 Å². The van der Waals surface area contributed by atoms with E-state index in [0.29, 0.717) is 5.56 Å². The molecule has 4 N–H and O–H groups in total. The second-order valence-corrected chi connectivity index (χ2v) is 5.40. The summed E-state index contributed by atoms with van der Waals surface area (Å²) in [7, 11) is 0. The van der Waals surface area contributed by atoms with Crippen LogP contribution < -0.4 is 16.6 Å². The summed E-state index contributed by atoms with van der Waals surface area (Å²) in [6.07, 6.45) is 5.96. The van der Waals surface area contributed by atoms with E-state index >= 15 is 0 Å². The molecule has 0 aliphatic carbocycles. The van der Waals surface area contributed by atoms with Crippen LogP contribution in [-0.4, -0.2) is 11.9 Å². The minimum absolute atomic E-state index is 0.0142. The average Bonchev–Trinajstić information content (AvgIpc) is 2.43. The third kappa shape index (κ3) is 5.21. The maximum absolute atomic E-state index is 12.1. The number of amides is 1. The predicted molar refractivity (Wildman–Crippen MR) is 84.7 cm³/mol. The molecule has 1 amide bonds. The van der Waals surface area contributed by atoms with Crippen LogP contribution in [0.1, 0.15) is 61.9 Å². The second kappa shape index (κ2) is 8.59. The van der Waals surface area contributed by atoms with Crippen LogP contribution in [0.3, 0.4) is 0 Å². The molecule has 1 aromatic rings. The van der Waals surface area contributed by atoms with Gasteiger partial charge in [-0.05, 0) is 44.0 Å². The lowest BCUT2D eigenvalue weighted by Gasteiger charge is -2.14. The molecule has 0 aromatic heterocycles. The number of benzene rings is 1. The van der Waals surface area contributed by atoms with Crippen LogP contribution in [-0.2, 0) is 0 Å². The first kappa shape index (κ1) is 16.5. The number of rotatable bonds is 8. The molecule has 0 bridgehead atoms. The van der Waals surface area contributed by atoms with Crippen molar-refractivity contribution in [1.29, 1.82) is 0 Å². The Hall–Kier alpha value is -1.55. The first-order valence-electron chi connectivity index (χ1n) is 7.46. The number of aryl methyl sites for hydroxylation is 1. The van der Waals surface area contributed by atoms with Crippen molar-refractivity contribution in [2.45, 2.75) is 58.9 Å². The van der Waals surface area contributed by atoms with E-state index in [0.717, 1.165) is 17.7 Å². The lowest BCUT2D eigenvalue weighted by molar-refractivity contribution is 0.0938. The summed E-state index contributed by atoms with van der Waals surface area (Å²) in [6.45, 7) is 6.19. The van der Waals surface area contributed by atoms with Crippen molar-refractivity contribution in [3.63, 3.8) is 0 Å². The van der Waals surface area contributed by atoms with Gasteiger partial charge in [0, 0.05) is 11.6 Å². The van der Waals surface area contributed by atoms with E-state index in [-0.39, 0.29) is 11.9 Å². The Kier molecular flexibility index (Phi) is 7.09. The van der Waals surface area contributed by atoms with Crippen LogP contribution in [0.15, 0.2) is 18.2 Å². The highest BCUT2D eigenvalue weighted by Gasteiger charge is 2.10. The van der Waals surface area contributed by atoms with Gasteiger partial charge in [0.15, 0.2) is 0 Å². The molecule has 1 atom stereocenters. The Balaban J connectivity index is 2.47. The molecule has 0 saturated heterocycles. The zero-order valence-corrected chi connectivity index (χ0v) is 12.8. The number of anilines is 1.